The lowest BCUT2D eigenvalue weighted by atomic mass is 10.0. The van der Waals surface area contributed by atoms with Crippen LogP contribution in [0, 0.1) is 0 Å². The van der Waals surface area contributed by atoms with Gasteiger partial charge in [0.15, 0.2) is 0 Å². The van der Waals surface area contributed by atoms with Gasteiger partial charge in [0.2, 0.25) is 0 Å². The third-order valence-corrected chi connectivity index (χ3v) is 3.26. The summed E-state index contributed by atoms with van der Waals surface area (Å²) in [7, 11) is 0. The number of hydrogen-bond donors (Lipinski definition) is 0. The van der Waals surface area contributed by atoms with E-state index in [1.165, 1.54) is 10.8 Å². The average molecular weight is 284 g/mol. The monoisotopic (exact) mass is 283 g/mol. The van der Waals surface area contributed by atoms with Crippen molar-refractivity contribution in [2.24, 2.45) is 0 Å². The van der Waals surface area contributed by atoms with Crippen molar-refractivity contribution in [1.29, 1.82) is 0 Å². The Kier molecular flexibility index (Phi) is 2.65. The molecule has 2 heteroatoms. The molecule has 3 rings (SSSR count). The summed E-state index contributed by atoms with van der Waals surface area (Å²) in [4.78, 5) is 4.37. The van der Waals surface area contributed by atoms with Gasteiger partial charge in [-0.2, -0.15) is 0 Å². The highest BCUT2D eigenvalue weighted by molar-refractivity contribution is 9.10. The molecule has 0 saturated carbocycles. The van der Waals surface area contributed by atoms with Crippen LogP contribution in [0.1, 0.15) is 0 Å². The van der Waals surface area contributed by atoms with Crippen molar-refractivity contribution in [3.63, 3.8) is 0 Å². The zero-order valence-electron chi connectivity index (χ0n) is 9.10. The van der Waals surface area contributed by atoms with Gasteiger partial charge in [0.05, 0.1) is 5.69 Å². The van der Waals surface area contributed by atoms with Crippen LogP contribution < -0.4 is 0 Å². The Hall–Kier alpha value is -1.67. The molecule has 0 fully saturated rings. The number of benzene rings is 2. The lowest BCUT2D eigenvalue weighted by Gasteiger charge is -2.03. The zero-order valence-corrected chi connectivity index (χ0v) is 10.7. The van der Waals surface area contributed by atoms with Crippen LogP contribution in [0.15, 0.2) is 65.3 Å². The van der Waals surface area contributed by atoms with Crippen molar-refractivity contribution in [2.75, 3.05) is 0 Å². The largest absolute Gasteiger partial charge is 0.256 e. The Morgan fingerprint density at radius 3 is 2.53 bits per heavy atom. The minimum absolute atomic E-state index is 1.01. The van der Waals surface area contributed by atoms with E-state index >= 15 is 0 Å². The Bertz CT molecular complexity index is 662. The van der Waals surface area contributed by atoms with Crippen LogP contribution >= 0.6 is 15.9 Å². The zero-order chi connectivity index (χ0) is 11.7. The molecule has 0 bridgehead atoms. The molecule has 0 aliphatic rings. The molecular formula is C15H10BrN. The van der Waals surface area contributed by atoms with Gasteiger partial charge in [-0.1, -0.05) is 40.2 Å². The van der Waals surface area contributed by atoms with E-state index in [2.05, 4.69) is 57.3 Å². The quantitative estimate of drug-likeness (QED) is 0.633. The van der Waals surface area contributed by atoms with Gasteiger partial charge in [-0.15, -0.1) is 0 Å². The molecule has 2 aromatic carbocycles. The minimum atomic E-state index is 1.01. The molecule has 0 spiro atoms. The second-order valence-corrected chi connectivity index (χ2v) is 4.84. The van der Waals surface area contributed by atoms with E-state index < -0.39 is 0 Å². The third kappa shape index (κ3) is 2.08. The van der Waals surface area contributed by atoms with Gasteiger partial charge in [0.25, 0.3) is 0 Å². The Morgan fingerprint density at radius 2 is 1.71 bits per heavy atom. The molecule has 1 nitrogen and oxygen atoms in total. The SMILES string of the molecule is Brc1ccc2ccc(-c3ccccn3)cc2c1. The standard InChI is InChI=1S/C15H10BrN/c16-14-7-6-11-4-5-12(9-13(11)10-14)15-3-1-2-8-17-15/h1-10H. The van der Waals surface area contributed by atoms with Crippen LogP contribution in [0.3, 0.4) is 0 Å². The number of fused-ring (bicyclic) bond motifs is 1. The molecule has 3 aromatic rings. The molecule has 82 valence electrons. The van der Waals surface area contributed by atoms with Crippen molar-refractivity contribution in [3.05, 3.63) is 65.3 Å². The summed E-state index contributed by atoms with van der Waals surface area (Å²) in [5.74, 6) is 0. The number of pyridine rings is 1. The fourth-order valence-electron chi connectivity index (χ4n) is 1.91. The second-order valence-electron chi connectivity index (χ2n) is 3.92. The normalized spacial score (nSPS) is 10.6. The number of nitrogens with zero attached hydrogens (tertiary/aromatic N) is 1. The maximum Gasteiger partial charge on any atom is 0.0702 e. The Morgan fingerprint density at radius 1 is 0.824 bits per heavy atom. The minimum Gasteiger partial charge on any atom is -0.256 e. The van der Waals surface area contributed by atoms with Gasteiger partial charge < -0.3 is 0 Å². The molecule has 0 atom stereocenters. The average Bonchev–Trinajstić information content (AvgIpc) is 2.39. The van der Waals surface area contributed by atoms with Gasteiger partial charge in [0.1, 0.15) is 0 Å². The van der Waals surface area contributed by atoms with E-state index in [0.29, 0.717) is 0 Å². The molecule has 0 aliphatic carbocycles. The maximum absolute atomic E-state index is 4.37. The molecule has 1 aromatic heterocycles. The van der Waals surface area contributed by atoms with Crippen LogP contribution in [-0.2, 0) is 0 Å². The van der Waals surface area contributed by atoms with Crippen molar-refractivity contribution < 1.29 is 0 Å². The molecule has 1 heterocycles. The first-order chi connectivity index (χ1) is 8.33. The van der Waals surface area contributed by atoms with Crippen LogP contribution in [0.5, 0.6) is 0 Å². The van der Waals surface area contributed by atoms with Gasteiger partial charge in [-0.05, 0) is 41.1 Å². The topological polar surface area (TPSA) is 12.9 Å². The van der Waals surface area contributed by atoms with Crippen molar-refractivity contribution in [2.45, 2.75) is 0 Å². The van der Waals surface area contributed by atoms with Gasteiger partial charge in [-0.25, -0.2) is 0 Å². The molecule has 0 amide bonds. The molecule has 0 aliphatic heterocycles. The van der Waals surface area contributed by atoms with Crippen molar-refractivity contribution in [1.82, 2.24) is 4.98 Å². The number of hydrogen-bond acceptors (Lipinski definition) is 1. The van der Waals surface area contributed by atoms with E-state index in [-0.39, 0.29) is 0 Å². The Labute approximate surface area is 108 Å². The molecular weight excluding hydrogens is 274 g/mol. The van der Waals surface area contributed by atoms with Crippen molar-refractivity contribution >= 4 is 26.7 Å². The second kappa shape index (κ2) is 4.30. The summed E-state index contributed by atoms with van der Waals surface area (Å²) in [6.45, 7) is 0. The van der Waals surface area contributed by atoms with Crippen LogP contribution in [0.2, 0.25) is 0 Å². The van der Waals surface area contributed by atoms with Crippen LogP contribution in [-0.4, -0.2) is 4.98 Å². The van der Waals surface area contributed by atoms with Crippen LogP contribution in [0.4, 0.5) is 0 Å². The smallest absolute Gasteiger partial charge is 0.0702 e. The molecule has 17 heavy (non-hydrogen) atoms. The van der Waals surface area contributed by atoms with E-state index in [1.807, 2.05) is 24.4 Å². The fourth-order valence-corrected chi connectivity index (χ4v) is 2.29. The highest BCUT2D eigenvalue weighted by atomic mass is 79.9. The number of halogens is 1. The van der Waals surface area contributed by atoms with Crippen LogP contribution in [0.25, 0.3) is 22.0 Å². The Balaban J connectivity index is 2.19. The highest BCUT2D eigenvalue weighted by Gasteiger charge is 2.00. The summed E-state index contributed by atoms with van der Waals surface area (Å²) < 4.78 is 1.10. The molecule has 0 unspecified atom stereocenters. The van der Waals surface area contributed by atoms with E-state index in [0.717, 1.165) is 15.7 Å². The first-order valence-corrected chi connectivity index (χ1v) is 6.23. The number of aromatic nitrogens is 1. The van der Waals surface area contributed by atoms with Gasteiger partial charge in [-0.3, -0.25) is 4.98 Å². The van der Waals surface area contributed by atoms with Gasteiger partial charge >= 0.3 is 0 Å². The third-order valence-electron chi connectivity index (χ3n) is 2.76. The van der Waals surface area contributed by atoms with E-state index in [4.69, 9.17) is 0 Å². The first kappa shape index (κ1) is 10.5. The summed E-state index contributed by atoms with van der Waals surface area (Å²) >= 11 is 3.50. The van der Waals surface area contributed by atoms with E-state index in [9.17, 15) is 0 Å². The summed E-state index contributed by atoms with van der Waals surface area (Å²) in [6.07, 6.45) is 1.82. The van der Waals surface area contributed by atoms with Gasteiger partial charge in [0, 0.05) is 16.2 Å². The summed E-state index contributed by atoms with van der Waals surface area (Å²) in [5.41, 5.74) is 2.16. The molecule has 0 radical (unpaired) electrons. The lowest BCUT2D eigenvalue weighted by molar-refractivity contribution is 1.33. The molecule has 0 saturated heterocycles. The highest BCUT2D eigenvalue weighted by Crippen LogP contribution is 2.25. The summed E-state index contributed by atoms with van der Waals surface area (Å²) in [6, 6.07) is 18.7. The maximum atomic E-state index is 4.37. The first-order valence-electron chi connectivity index (χ1n) is 5.44. The van der Waals surface area contributed by atoms with Crippen molar-refractivity contribution in [3.8, 4) is 11.3 Å². The summed E-state index contributed by atoms with van der Waals surface area (Å²) in [5, 5.41) is 2.47. The molecule has 0 N–H and O–H groups in total. The predicted octanol–water partition coefficient (Wildman–Crippen LogP) is 4.66. The fraction of sp³-hybridized carbons (Fsp3) is 0. The predicted molar refractivity (Wildman–Crippen MR) is 74.9 cm³/mol. The van der Waals surface area contributed by atoms with E-state index in [1.54, 1.807) is 0 Å². The lowest BCUT2D eigenvalue weighted by Crippen LogP contribution is -1.82. The number of rotatable bonds is 1.